The van der Waals surface area contributed by atoms with Gasteiger partial charge in [-0.05, 0) is 35.7 Å². The third-order valence-electron chi connectivity index (χ3n) is 2.40. The van der Waals surface area contributed by atoms with Crippen molar-refractivity contribution in [3.8, 4) is 16.5 Å². The van der Waals surface area contributed by atoms with Crippen LogP contribution in [0, 0.1) is 25.2 Å². The van der Waals surface area contributed by atoms with Gasteiger partial charge >= 0.3 is 0 Å². The molecule has 0 aromatic carbocycles. The molecule has 2 N–H and O–H groups in total. The molecular weight excluding hydrogens is 224 g/mol. The summed E-state index contributed by atoms with van der Waals surface area (Å²) in [7, 11) is 0. The minimum atomic E-state index is 0.619. The average molecular weight is 234 g/mol. The van der Waals surface area contributed by atoms with Crippen molar-refractivity contribution in [2.24, 2.45) is 0 Å². The Morgan fingerprint density at radius 3 is 2.53 bits per heavy atom. The van der Waals surface area contributed by atoms with Crippen molar-refractivity contribution in [3.63, 3.8) is 0 Å². The second-order valence-electron chi connectivity index (χ2n) is 3.38. The van der Waals surface area contributed by atoms with Crippen molar-refractivity contribution in [1.29, 1.82) is 5.26 Å². The molecule has 0 saturated heterocycles. The van der Waals surface area contributed by atoms with E-state index in [0.29, 0.717) is 10.6 Å². The van der Waals surface area contributed by atoms with Crippen molar-refractivity contribution in [1.82, 2.24) is 0 Å². The normalized spacial score (nSPS) is 10.2. The summed E-state index contributed by atoms with van der Waals surface area (Å²) in [6, 6.07) is 2.13. The molecule has 2 aromatic rings. The second-order valence-corrected chi connectivity index (χ2v) is 5.14. The predicted molar refractivity (Wildman–Crippen MR) is 66.2 cm³/mol. The van der Waals surface area contributed by atoms with Crippen LogP contribution < -0.4 is 5.73 Å². The number of hydrogen-bond acceptors (Lipinski definition) is 4. The van der Waals surface area contributed by atoms with Gasteiger partial charge in [-0.25, -0.2) is 0 Å². The lowest BCUT2D eigenvalue weighted by Gasteiger charge is -1.97. The van der Waals surface area contributed by atoms with Crippen molar-refractivity contribution in [2.45, 2.75) is 13.8 Å². The van der Waals surface area contributed by atoms with E-state index in [9.17, 15) is 0 Å². The molecule has 0 amide bonds. The van der Waals surface area contributed by atoms with E-state index in [4.69, 9.17) is 11.0 Å². The van der Waals surface area contributed by atoms with Crippen LogP contribution in [0.3, 0.4) is 0 Å². The second kappa shape index (κ2) is 3.69. The van der Waals surface area contributed by atoms with Crippen LogP contribution in [0.4, 0.5) is 5.69 Å². The number of anilines is 1. The number of nitrogens with zero attached hydrogens (tertiary/aromatic N) is 1. The van der Waals surface area contributed by atoms with Crippen LogP contribution in [0.2, 0.25) is 0 Å². The van der Waals surface area contributed by atoms with Gasteiger partial charge in [0, 0.05) is 10.4 Å². The predicted octanol–water partition coefficient (Wildman–Crippen LogP) is 3.55. The number of nitrogen functional groups attached to an aromatic ring is 1. The molecule has 76 valence electrons. The first-order valence-electron chi connectivity index (χ1n) is 4.47. The molecule has 2 aromatic heterocycles. The molecule has 15 heavy (non-hydrogen) atoms. The Kier molecular flexibility index (Phi) is 2.51. The lowest BCUT2D eigenvalue weighted by molar-refractivity contribution is 1.48. The fourth-order valence-electron chi connectivity index (χ4n) is 1.46. The van der Waals surface area contributed by atoms with E-state index >= 15 is 0 Å². The lowest BCUT2D eigenvalue weighted by Crippen LogP contribution is -1.87. The summed E-state index contributed by atoms with van der Waals surface area (Å²) in [6.45, 7) is 4.05. The maximum Gasteiger partial charge on any atom is 0.128 e. The number of aryl methyl sites for hydroxylation is 1. The Morgan fingerprint density at radius 2 is 2.07 bits per heavy atom. The zero-order chi connectivity index (χ0) is 11.0. The van der Waals surface area contributed by atoms with Crippen LogP contribution in [0.5, 0.6) is 0 Å². The van der Waals surface area contributed by atoms with Crippen LogP contribution in [-0.4, -0.2) is 0 Å². The molecular formula is C11H10N2S2. The smallest absolute Gasteiger partial charge is 0.128 e. The molecule has 0 fully saturated rings. The van der Waals surface area contributed by atoms with Gasteiger partial charge in [-0.1, -0.05) is 0 Å². The number of rotatable bonds is 1. The highest BCUT2D eigenvalue weighted by atomic mass is 32.1. The molecule has 2 heterocycles. The number of nitriles is 1. The van der Waals surface area contributed by atoms with Gasteiger partial charge in [-0.15, -0.1) is 11.3 Å². The van der Waals surface area contributed by atoms with Crippen LogP contribution in [-0.2, 0) is 0 Å². The molecule has 0 aliphatic heterocycles. The Morgan fingerprint density at radius 1 is 1.33 bits per heavy atom. The number of thiophene rings is 2. The summed E-state index contributed by atoms with van der Waals surface area (Å²) in [5.74, 6) is 0. The molecule has 0 aliphatic rings. The highest BCUT2D eigenvalue weighted by Gasteiger charge is 2.15. The molecule has 0 atom stereocenters. The summed E-state index contributed by atoms with van der Waals surface area (Å²) >= 11 is 3.15. The summed E-state index contributed by atoms with van der Waals surface area (Å²) in [5.41, 5.74) is 9.96. The van der Waals surface area contributed by atoms with Gasteiger partial charge < -0.3 is 5.73 Å². The van der Waals surface area contributed by atoms with E-state index in [1.165, 1.54) is 22.5 Å². The summed E-state index contributed by atoms with van der Waals surface area (Å²) < 4.78 is 0. The molecule has 0 bridgehead atoms. The lowest BCUT2D eigenvalue weighted by atomic mass is 10.1. The van der Waals surface area contributed by atoms with Crippen molar-refractivity contribution in [3.05, 3.63) is 26.8 Å². The summed E-state index contributed by atoms with van der Waals surface area (Å²) in [5, 5.41) is 13.1. The van der Waals surface area contributed by atoms with E-state index < -0.39 is 0 Å². The zero-order valence-corrected chi connectivity index (χ0v) is 10.1. The SMILES string of the molecule is Cc1cscc1-c1sc(C#N)c(N)c1C. The highest BCUT2D eigenvalue weighted by Crippen LogP contribution is 2.40. The topological polar surface area (TPSA) is 49.8 Å². The minimum Gasteiger partial charge on any atom is -0.397 e. The van der Waals surface area contributed by atoms with E-state index in [1.54, 1.807) is 11.3 Å². The monoisotopic (exact) mass is 234 g/mol. The Balaban J connectivity index is 2.66. The number of nitrogens with two attached hydrogens (primary N) is 1. The van der Waals surface area contributed by atoms with Gasteiger partial charge in [-0.2, -0.15) is 16.6 Å². The first-order valence-corrected chi connectivity index (χ1v) is 6.23. The van der Waals surface area contributed by atoms with Gasteiger partial charge in [0.05, 0.1) is 5.69 Å². The van der Waals surface area contributed by atoms with Crippen molar-refractivity contribution in [2.75, 3.05) is 5.73 Å². The fourth-order valence-corrected chi connectivity index (χ4v) is 3.48. The first kappa shape index (κ1) is 10.2. The molecule has 0 saturated carbocycles. The maximum atomic E-state index is 8.91. The number of hydrogen-bond donors (Lipinski definition) is 1. The Bertz CT molecular complexity index is 543. The fraction of sp³-hybridized carbons (Fsp3) is 0.182. The standard InChI is InChI=1S/C11H10N2S2/c1-6-4-14-5-8(6)11-7(2)10(13)9(3-12)15-11/h4-5H,13H2,1-2H3. The zero-order valence-electron chi connectivity index (χ0n) is 8.50. The van der Waals surface area contributed by atoms with Gasteiger partial charge in [0.25, 0.3) is 0 Å². The largest absolute Gasteiger partial charge is 0.397 e. The van der Waals surface area contributed by atoms with Gasteiger partial charge in [0.15, 0.2) is 0 Å². The molecule has 0 unspecified atom stereocenters. The summed E-state index contributed by atoms with van der Waals surface area (Å²) in [4.78, 5) is 1.75. The van der Waals surface area contributed by atoms with Crippen LogP contribution in [0.1, 0.15) is 16.0 Å². The van der Waals surface area contributed by atoms with E-state index in [0.717, 1.165) is 10.4 Å². The van der Waals surface area contributed by atoms with Crippen molar-refractivity contribution >= 4 is 28.4 Å². The van der Waals surface area contributed by atoms with E-state index in [1.807, 2.05) is 6.92 Å². The highest BCUT2D eigenvalue weighted by molar-refractivity contribution is 7.17. The van der Waals surface area contributed by atoms with Crippen LogP contribution in [0.25, 0.3) is 10.4 Å². The molecule has 2 rings (SSSR count). The quantitative estimate of drug-likeness (QED) is 0.820. The third kappa shape index (κ3) is 1.54. The van der Waals surface area contributed by atoms with Crippen LogP contribution >= 0.6 is 22.7 Å². The maximum absolute atomic E-state index is 8.91. The molecule has 0 aliphatic carbocycles. The Hall–Kier alpha value is -1.31. The molecule has 4 heteroatoms. The first-order chi connectivity index (χ1) is 7.15. The molecule has 2 nitrogen and oxygen atoms in total. The van der Waals surface area contributed by atoms with E-state index in [2.05, 4.69) is 23.8 Å². The Labute approximate surface area is 96.6 Å². The van der Waals surface area contributed by atoms with Gasteiger partial charge in [0.2, 0.25) is 0 Å². The average Bonchev–Trinajstić information content (AvgIpc) is 2.74. The van der Waals surface area contributed by atoms with E-state index in [-0.39, 0.29) is 0 Å². The van der Waals surface area contributed by atoms with Crippen LogP contribution in [0.15, 0.2) is 10.8 Å². The summed E-state index contributed by atoms with van der Waals surface area (Å²) in [6.07, 6.45) is 0. The molecule has 0 spiro atoms. The van der Waals surface area contributed by atoms with Crippen molar-refractivity contribution < 1.29 is 0 Å². The minimum absolute atomic E-state index is 0.619. The third-order valence-corrected chi connectivity index (χ3v) is 4.50. The van der Waals surface area contributed by atoms with Gasteiger partial charge in [0.1, 0.15) is 10.9 Å². The van der Waals surface area contributed by atoms with Gasteiger partial charge in [-0.3, -0.25) is 0 Å². The molecule has 0 radical (unpaired) electrons.